The summed E-state index contributed by atoms with van der Waals surface area (Å²) in [6.45, 7) is 1.81. The summed E-state index contributed by atoms with van der Waals surface area (Å²) in [5, 5.41) is 1.10. The number of sulfonamides is 1. The van der Waals surface area contributed by atoms with Gasteiger partial charge in [-0.25, -0.2) is 12.8 Å². The Kier molecular flexibility index (Phi) is 7.09. The maximum absolute atomic E-state index is 14.7. The molecule has 0 saturated carbocycles. The van der Waals surface area contributed by atoms with E-state index in [-0.39, 0.29) is 30.1 Å². The average Bonchev–Trinajstić information content (AvgIpc) is 3.32. The molecular formula is C21H23ClFN3O4S2. The van der Waals surface area contributed by atoms with Crippen LogP contribution in [0.15, 0.2) is 35.7 Å². The van der Waals surface area contributed by atoms with Gasteiger partial charge in [0, 0.05) is 38.1 Å². The van der Waals surface area contributed by atoms with Gasteiger partial charge in [0.1, 0.15) is 11.9 Å². The lowest BCUT2D eigenvalue weighted by Gasteiger charge is -2.23. The van der Waals surface area contributed by atoms with E-state index in [2.05, 4.69) is 0 Å². The summed E-state index contributed by atoms with van der Waals surface area (Å²) in [6, 6.07) is 6.34. The number of nitrogens with zero attached hydrogens (tertiary/aromatic N) is 3. The van der Waals surface area contributed by atoms with Crippen molar-refractivity contribution in [2.24, 2.45) is 0 Å². The SMILES string of the molecule is CC(=CS(=O)(=O)N(C)[C@H]1CCN(c2ccc(C(=O)N(C)C)cc2F)C1=O)c1ccc(Cl)s1. The van der Waals surface area contributed by atoms with Crippen LogP contribution < -0.4 is 4.90 Å². The van der Waals surface area contributed by atoms with Crippen molar-refractivity contribution in [2.75, 3.05) is 32.6 Å². The first-order valence-corrected chi connectivity index (χ1v) is 12.4. The Bertz CT molecular complexity index is 1190. The molecule has 0 aliphatic carbocycles. The summed E-state index contributed by atoms with van der Waals surface area (Å²) >= 11 is 7.18. The fourth-order valence-corrected chi connectivity index (χ4v) is 5.81. The maximum Gasteiger partial charge on any atom is 0.253 e. The van der Waals surface area contributed by atoms with Crippen LogP contribution in [0.1, 0.15) is 28.6 Å². The summed E-state index contributed by atoms with van der Waals surface area (Å²) in [5.41, 5.74) is 0.676. The highest BCUT2D eigenvalue weighted by molar-refractivity contribution is 7.92. The quantitative estimate of drug-likeness (QED) is 0.607. The first kappa shape index (κ1) is 24.4. The van der Waals surface area contributed by atoms with Gasteiger partial charge in [0.2, 0.25) is 15.9 Å². The van der Waals surface area contributed by atoms with Gasteiger partial charge in [-0.15, -0.1) is 11.3 Å². The van der Waals surface area contributed by atoms with Gasteiger partial charge in [0.15, 0.2) is 0 Å². The Morgan fingerprint density at radius 3 is 2.50 bits per heavy atom. The van der Waals surface area contributed by atoms with E-state index in [1.165, 1.54) is 40.3 Å². The van der Waals surface area contributed by atoms with E-state index in [9.17, 15) is 22.4 Å². The van der Waals surface area contributed by atoms with Gasteiger partial charge in [0.05, 0.1) is 15.4 Å². The number of hydrogen-bond acceptors (Lipinski definition) is 5. The number of carbonyl (C=O) groups is 2. The minimum atomic E-state index is -3.91. The second-order valence-electron chi connectivity index (χ2n) is 7.63. The fraction of sp³-hybridized carbons (Fsp3) is 0.333. The van der Waals surface area contributed by atoms with E-state index in [4.69, 9.17) is 11.6 Å². The van der Waals surface area contributed by atoms with Gasteiger partial charge in [-0.05, 0) is 49.2 Å². The van der Waals surface area contributed by atoms with Crippen molar-refractivity contribution in [3.63, 3.8) is 0 Å². The summed E-state index contributed by atoms with van der Waals surface area (Å²) < 4.78 is 42.0. The highest BCUT2D eigenvalue weighted by Gasteiger charge is 2.40. The summed E-state index contributed by atoms with van der Waals surface area (Å²) in [5.74, 6) is -1.60. The summed E-state index contributed by atoms with van der Waals surface area (Å²) in [4.78, 5) is 28.3. The molecule has 2 heterocycles. The van der Waals surface area contributed by atoms with Crippen LogP contribution in [0.25, 0.3) is 5.57 Å². The van der Waals surface area contributed by atoms with Crippen LogP contribution in [0.2, 0.25) is 4.34 Å². The normalized spacial score (nSPS) is 17.3. The van der Waals surface area contributed by atoms with Crippen molar-refractivity contribution in [3.8, 4) is 0 Å². The smallest absolute Gasteiger partial charge is 0.253 e. The van der Waals surface area contributed by atoms with Gasteiger partial charge in [-0.1, -0.05) is 11.6 Å². The molecule has 32 heavy (non-hydrogen) atoms. The van der Waals surface area contributed by atoms with Gasteiger partial charge < -0.3 is 9.80 Å². The molecule has 7 nitrogen and oxygen atoms in total. The Labute approximate surface area is 195 Å². The van der Waals surface area contributed by atoms with Gasteiger partial charge >= 0.3 is 0 Å². The molecule has 1 saturated heterocycles. The molecule has 0 N–H and O–H groups in total. The summed E-state index contributed by atoms with van der Waals surface area (Å²) in [6.07, 6.45) is 0.212. The number of thiophene rings is 1. The molecule has 0 spiro atoms. The van der Waals surface area contributed by atoms with Crippen LogP contribution in [0, 0.1) is 5.82 Å². The first-order chi connectivity index (χ1) is 14.9. The molecule has 1 aliphatic heterocycles. The molecule has 1 aromatic heterocycles. The van der Waals surface area contributed by atoms with Gasteiger partial charge in [-0.2, -0.15) is 4.31 Å². The Morgan fingerprint density at radius 2 is 1.94 bits per heavy atom. The minimum absolute atomic E-state index is 0.0126. The van der Waals surface area contributed by atoms with Crippen molar-refractivity contribution in [1.29, 1.82) is 0 Å². The number of carbonyl (C=O) groups excluding carboxylic acids is 2. The number of rotatable bonds is 6. The Hall–Kier alpha value is -2.27. The molecule has 2 amide bonds. The molecule has 0 radical (unpaired) electrons. The lowest BCUT2D eigenvalue weighted by molar-refractivity contribution is -0.120. The molecule has 3 rings (SSSR count). The molecule has 1 aliphatic rings. The third kappa shape index (κ3) is 4.88. The topological polar surface area (TPSA) is 78.0 Å². The average molecular weight is 500 g/mol. The van der Waals surface area contributed by atoms with Crippen molar-refractivity contribution in [1.82, 2.24) is 9.21 Å². The zero-order valence-electron chi connectivity index (χ0n) is 18.0. The molecule has 0 bridgehead atoms. The first-order valence-electron chi connectivity index (χ1n) is 9.67. The number of amides is 2. The number of anilines is 1. The number of allylic oxidation sites excluding steroid dienone is 1. The lowest BCUT2D eigenvalue weighted by Crippen LogP contribution is -2.42. The second-order valence-corrected chi connectivity index (χ2v) is 11.2. The molecule has 1 atom stereocenters. The van der Waals surface area contributed by atoms with Crippen LogP contribution in [0.3, 0.4) is 0 Å². The number of benzene rings is 1. The minimum Gasteiger partial charge on any atom is -0.345 e. The highest BCUT2D eigenvalue weighted by Crippen LogP contribution is 2.31. The second kappa shape index (κ2) is 9.30. The van der Waals surface area contributed by atoms with Crippen molar-refractivity contribution in [2.45, 2.75) is 19.4 Å². The van der Waals surface area contributed by atoms with E-state index >= 15 is 0 Å². The van der Waals surface area contributed by atoms with Crippen LogP contribution in [-0.4, -0.2) is 63.2 Å². The predicted octanol–water partition coefficient (Wildman–Crippen LogP) is 3.67. The predicted molar refractivity (Wildman–Crippen MR) is 125 cm³/mol. The van der Waals surface area contributed by atoms with E-state index in [1.54, 1.807) is 33.2 Å². The largest absolute Gasteiger partial charge is 0.345 e. The third-order valence-electron chi connectivity index (χ3n) is 5.20. The Balaban J connectivity index is 1.81. The fourth-order valence-electron chi connectivity index (χ4n) is 3.43. The van der Waals surface area contributed by atoms with E-state index in [1.807, 2.05) is 0 Å². The molecule has 2 aromatic rings. The number of halogens is 2. The van der Waals surface area contributed by atoms with Crippen LogP contribution in [-0.2, 0) is 14.8 Å². The number of hydrogen-bond donors (Lipinski definition) is 0. The van der Waals surface area contributed by atoms with E-state index < -0.39 is 27.8 Å². The monoisotopic (exact) mass is 499 g/mol. The van der Waals surface area contributed by atoms with Crippen LogP contribution in [0.5, 0.6) is 0 Å². The van der Waals surface area contributed by atoms with Gasteiger partial charge in [0.25, 0.3) is 5.91 Å². The Morgan fingerprint density at radius 1 is 1.25 bits per heavy atom. The van der Waals surface area contributed by atoms with Crippen molar-refractivity contribution < 1.29 is 22.4 Å². The zero-order valence-corrected chi connectivity index (χ0v) is 20.4. The van der Waals surface area contributed by atoms with E-state index in [0.717, 1.165) is 15.8 Å². The standard InChI is InChI=1S/C21H23ClFN3O4S2/c1-13(18-7-8-19(22)31-18)12-32(29,30)25(4)17-9-10-26(21(17)28)16-6-5-14(11-15(16)23)20(27)24(2)3/h5-8,11-12,17H,9-10H2,1-4H3/t17-/m0/s1. The van der Waals surface area contributed by atoms with Crippen LogP contribution in [0.4, 0.5) is 10.1 Å². The summed E-state index contributed by atoms with van der Waals surface area (Å²) in [7, 11) is 0.536. The lowest BCUT2D eigenvalue weighted by atomic mass is 10.1. The number of likely N-dealkylation sites (N-methyl/N-ethyl adjacent to an activating group) is 1. The van der Waals surface area contributed by atoms with Crippen molar-refractivity contribution in [3.05, 3.63) is 56.3 Å². The van der Waals surface area contributed by atoms with E-state index in [0.29, 0.717) is 14.8 Å². The maximum atomic E-state index is 14.7. The molecule has 1 aromatic carbocycles. The molecule has 11 heteroatoms. The molecule has 0 unspecified atom stereocenters. The highest BCUT2D eigenvalue weighted by atomic mass is 35.5. The molecular weight excluding hydrogens is 477 g/mol. The van der Waals surface area contributed by atoms with Crippen LogP contribution >= 0.6 is 22.9 Å². The molecule has 1 fully saturated rings. The molecule has 172 valence electrons. The zero-order chi connectivity index (χ0) is 23.8. The van der Waals surface area contributed by atoms with Gasteiger partial charge in [-0.3, -0.25) is 9.59 Å². The third-order valence-corrected chi connectivity index (χ3v) is 8.27. The van der Waals surface area contributed by atoms with Crippen molar-refractivity contribution >= 4 is 56.0 Å².